The van der Waals surface area contributed by atoms with Crippen LogP contribution in [0.4, 0.5) is 0 Å². The van der Waals surface area contributed by atoms with Gasteiger partial charge in [-0.15, -0.1) is 0 Å². The van der Waals surface area contributed by atoms with Crippen molar-refractivity contribution in [2.75, 3.05) is 45.9 Å². The highest BCUT2D eigenvalue weighted by atomic mass is 16.5. The van der Waals surface area contributed by atoms with Crippen molar-refractivity contribution < 1.29 is 9.53 Å². The van der Waals surface area contributed by atoms with Gasteiger partial charge in [-0.2, -0.15) is 0 Å². The van der Waals surface area contributed by atoms with E-state index in [4.69, 9.17) is 10.5 Å². The van der Waals surface area contributed by atoms with Crippen LogP contribution in [0.3, 0.4) is 0 Å². The van der Waals surface area contributed by atoms with E-state index >= 15 is 0 Å². The third-order valence-corrected chi connectivity index (χ3v) is 4.31. The maximum absolute atomic E-state index is 12.4. The van der Waals surface area contributed by atoms with Crippen LogP contribution in [0.15, 0.2) is 0 Å². The van der Waals surface area contributed by atoms with Crippen LogP contribution in [0.1, 0.15) is 26.2 Å². The van der Waals surface area contributed by atoms with Crippen LogP contribution in [0, 0.1) is 5.92 Å². The van der Waals surface area contributed by atoms with Gasteiger partial charge in [-0.25, -0.2) is 0 Å². The lowest BCUT2D eigenvalue weighted by Crippen LogP contribution is -2.46. The van der Waals surface area contributed by atoms with Gasteiger partial charge in [0.05, 0.1) is 19.1 Å². The second-order valence-electron chi connectivity index (χ2n) is 5.60. The normalized spacial score (nSPS) is 26.6. The van der Waals surface area contributed by atoms with Gasteiger partial charge in [-0.05, 0) is 12.8 Å². The second kappa shape index (κ2) is 7.22. The average molecular weight is 269 g/mol. The quantitative estimate of drug-likeness (QED) is 0.779. The van der Waals surface area contributed by atoms with Crippen molar-refractivity contribution >= 4 is 5.91 Å². The first-order valence-corrected chi connectivity index (χ1v) is 7.57. The molecule has 0 aromatic carbocycles. The number of nitrogens with zero attached hydrogens (tertiary/aromatic N) is 2. The molecule has 5 heteroatoms. The third kappa shape index (κ3) is 3.68. The Bertz CT molecular complexity index is 292. The molecule has 0 aromatic rings. The fourth-order valence-electron chi connectivity index (χ4n) is 3.13. The molecule has 2 fully saturated rings. The molecule has 2 N–H and O–H groups in total. The number of rotatable bonds is 5. The summed E-state index contributed by atoms with van der Waals surface area (Å²) in [4.78, 5) is 16.9. The second-order valence-corrected chi connectivity index (χ2v) is 5.60. The number of carbonyl (C=O) groups is 1. The number of carbonyl (C=O) groups excluding carboxylic acids is 1. The molecule has 2 unspecified atom stereocenters. The van der Waals surface area contributed by atoms with Crippen molar-refractivity contribution in [2.24, 2.45) is 11.7 Å². The molecule has 110 valence electrons. The van der Waals surface area contributed by atoms with Crippen molar-refractivity contribution in [3.8, 4) is 0 Å². The summed E-state index contributed by atoms with van der Waals surface area (Å²) in [5.41, 5.74) is 5.73. The Morgan fingerprint density at radius 1 is 1.37 bits per heavy atom. The molecule has 2 aliphatic rings. The Morgan fingerprint density at radius 2 is 2.11 bits per heavy atom. The van der Waals surface area contributed by atoms with Gasteiger partial charge in [0.2, 0.25) is 5.91 Å². The molecule has 0 spiro atoms. The maximum Gasteiger partial charge on any atom is 0.227 e. The molecule has 2 atom stereocenters. The lowest BCUT2D eigenvalue weighted by Gasteiger charge is -2.32. The lowest BCUT2D eigenvalue weighted by molar-refractivity contribution is -0.134. The third-order valence-electron chi connectivity index (χ3n) is 4.31. The van der Waals surface area contributed by atoms with Gasteiger partial charge in [0, 0.05) is 38.8 Å². The number of likely N-dealkylation sites (tertiary alicyclic amines) is 1. The molecule has 2 heterocycles. The van der Waals surface area contributed by atoms with Gasteiger partial charge < -0.3 is 15.4 Å². The molecule has 0 radical (unpaired) electrons. The van der Waals surface area contributed by atoms with Gasteiger partial charge in [0.15, 0.2) is 0 Å². The van der Waals surface area contributed by atoms with E-state index in [0.29, 0.717) is 12.6 Å². The van der Waals surface area contributed by atoms with E-state index in [1.54, 1.807) is 0 Å². The van der Waals surface area contributed by atoms with Crippen LogP contribution >= 0.6 is 0 Å². The number of hydrogen-bond donors (Lipinski definition) is 1. The molecule has 2 aliphatic heterocycles. The summed E-state index contributed by atoms with van der Waals surface area (Å²) in [6, 6.07) is 0.521. The van der Waals surface area contributed by atoms with E-state index < -0.39 is 0 Å². The maximum atomic E-state index is 12.4. The molecule has 19 heavy (non-hydrogen) atoms. The Labute approximate surface area is 116 Å². The fraction of sp³-hybridized carbons (Fsp3) is 0.929. The van der Waals surface area contributed by atoms with Crippen molar-refractivity contribution in [3.05, 3.63) is 0 Å². The lowest BCUT2D eigenvalue weighted by atomic mass is 10.0. The minimum Gasteiger partial charge on any atom is -0.379 e. The van der Waals surface area contributed by atoms with Gasteiger partial charge in [-0.3, -0.25) is 9.69 Å². The fourth-order valence-corrected chi connectivity index (χ4v) is 3.13. The van der Waals surface area contributed by atoms with Gasteiger partial charge in [0.25, 0.3) is 0 Å². The van der Waals surface area contributed by atoms with E-state index in [1.807, 2.05) is 4.90 Å². The largest absolute Gasteiger partial charge is 0.379 e. The molecule has 0 bridgehead atoms. The number of hydrogen-bond acceptors (Lipinski definition) is 4. The summed E-state index contributed by atoms with van der Waals surface area (Å²) in [5.74, 6) is 0.286. The molecule has 0 saturated carbocycles. The summed E-state index contributed by atoms with van der Waals surface area (Å²) >= 11 is 0. The van der Waals surface area contributed by atoms with Gasteiger partial charge >= 0.3 is 0 Å². The molecule has 2 rings (SSSR count). The van der Waals surface area contributed by atoms with Crippen molar-refractivity contribution in [1.29, 1.82) is 0 Å². The molecule has 1 amide bonds. The smallest absolute Gasteiger partial charge is 0.227 e. The van der Waals surface area contributed by atoms with Crippen molar-refractivity contribution in [3.63, 3.8) is 0 Å². The monoisotopic (exact) mass is 269 g/mol. The number of morpholine rings is 1. The zero-order valence-electron chi connectivity index (χ0n) is 12.0. The SMILES string of the molecule is CCCC(CN)C(=O)N1CCC(N2CCOCC2)C1. The highest BCUT2D eigenvalue weighted by Gasteiger charge is 2.33. The van der Waals surface area contributed by atoms with Crippen molar-refractivity contribution in [2.45, 2.75) is 32.2 Å². The van der Waals surface area contributed by atoms with Crippen LogP contribution in [0.2, 0.25) is 0 Å². The molecule has 2 saturated heterocycles. The van der Waals surface area contributed by atoms with Crippen molar-refractivity contribution in [1.82, 2.24) is 9.80 Å². The Balaban J connectivity index is 1.84. The van der Waals surface area contributed by atoms with Gasteiger partial charge in [0.1, 0.15) is 0 Å². The Kier molecular flexibility index (Phi) is 5.60. The van der Waals surface area contributed by atoms with Crippen LogP contribution in [0.25, 0.3) is 0 Å². The first kappa shape index (κ1) is 14.8. The first-order valence-electron chi connectivity index (χ1n) is 7.57. The first-order chi connectivity index (χ1) is 9.26. The molecule has 0 aliphatic carbocycles. The standard InChI is InChI=1S/C14H27N3O2/c1-2-3-12(10-15)14(18)17-5-4-13(11-17)16-6-8-19-9-7-16/h12-13H,2-11,15H2,1H3. The van der Waals surface area contributed by atoms with Crippen LogP contribution in [-0.4, -0.2) is 67.7 Å². The van der Waals surface area contributed by atoms with E-state index in [1.165, 1.54) is 0 Å². The van der Waals surface area contributed by atoms with E-state index in [-0.39, 0.29) is 11.8 Å². The molecule has 5 nitrogen and oxygen atoms in total. The highest BCUT2D eigenvalue weighted by Crippen LogP contribution is 2.20. The zero-order valence-corrected chi connectivity index (χ0v) is 12.0. The van der Waals surface area contributed by atoms with Crippen LogP contribution in [-0.2, 0) is 9.53 Å². The van der Waals surface area contributed by atoms with E-state index in [2.05, 4.69) is 11.8 Å². The average Bonchev–Trinajstić information content (AvgIpc) is 2.95. The Hall–Kier alpha value is -0.650. The minimum atomic E-state index is 0.0217. The number of amides is 1. The topological polar surface area (TPSA) is 58.8 Å². The van der Waals surface area contributed by atoms with E-state index in [0.717, 1.165) is 58.7 Å². The number of ether oxygens (including phenoxy) is 1. The number of nitrogens with two attached hydrogens (primary N) is 1. The highest BCUT2D eigenvalue weighted by molar-refractivity contribution is 5.79. The predicted octanol–water partition coefficient (Wildman–Crippen LogP) is 0.295. The van der Waals surface area contributed by atoms with Crippen LogP contribution in [0.5, 0.6) is 0 Å². The Morgan fingerprint density at radius 3 is 2.74 bits per heavy atom. The zero-order chi connectivity index (χ0) is 13.7. The summed E-state index contributed by atoms with van der Waals surface area (Å²) in [5, 5.41) is 0. The minimum absolute atomic E-state index is 0.0217. The van der Waals surface area contributed by atoms with E-state index in [9.17, 15) is 4.79 Å². The summed E-state index contributed by atoms with van der Waals surface area (Å²) in [6.45, 7) is 8.00. The predicted molar refractivity (Wildman–Crippen MR) is 74.8 cm³/mol. The summed E-state index contributed by atoms with van der Waals surface area (Å²) in [6.07, 6.45) is 3.03. The summed E-state index contributed by atoms with van der Waals surface area (Å²) < 4.78 is 5.38. The molecular formula is C14H27N3O2. The molecular weight excluding hydrogens is 242 g/mol. The van der Waals surface area contributed by atoms with Crippen LogP contribution < -0.4 is 5.73 Å². The molecule has 0 aromatic heterocycles. The van der Waals surface area contributed by atoms with Gasteiger partial charge in [-0.1, -0.05) is 13.3 Å². The summed E-state index contributed by atoms with van der Waals surface area (Å²) in [7, 11) is 0.